The van der Waals surface area contributed by atoms with Crippen molar-refractivity contribution in [1.82, 2.24) is 0 Å². The van der Waals surface area contributed by atoms with Crippen LogP contribution in [0, 0.1) is 107 Å². The van der Waals surface area contributed by atoms with Crippen LogP contribution >= 0.6 is 0 Å². The van der Waals surface area contributed by atoms with Crippen molar-refractivity contribution in [2.45, 2.75) is 169 Å². The van der Waals surface area contributed by atoms with Crippen LogP contribution in [0.1, 0.15) is 174 Å². The Morgan fingerprint density at radius 1 is 0.271 bits per heavy atom. The maximum absolute atomic E-state index is 15.1. The van der Waals surface area contributed by atoms with Crippen molar-refractivity contribution < 1.29 is 31.4 Å². The Morgan fingerprint density at radius 2 is 0.635 bits per heavy atom. The summed E-state index contributed by atoms with van der Waals surface area (Å²) < 4.78 is 52.8. The first-order valence-electron chi connectivity index (χ1n) is 34.3. The molecule has 12 aromatic rings. The van der Waals surface area contributed by atoms with Crippen LogP contribution in [0.3, 0.4) is 0 Å². The van der Waals surface area contributed by atoms with Crippen molar-refractivity contribution >= 4 is 43.1 Å². The van der Waals surface area contributed by atoms with E-state index in [1.807, 2.05) is 109 Å². The Hall–Kier alpha value is -8.81. The maximum Gasteiger partial charge on any atom is 0.223 e. The highest BCUT2D eigenvalue weighted by Crippen LogP contribution is 2.40. The Balaban J connectivity index is 0.000000150. The van der Waals surface area contributed by atoms with Crippen molar-refractivity contribution in [3.8, 4) is 45.0 Å². The number of benzene rings is 8. The van der Waals surface area contributed by atoms with E-state index in [1.54, 1.807) is 0 Å². The number of hydrogen-bond donors (Lipinski definition) is 0. The molecule has 0 unspecified atom stereocenters. The van der Waals surface area contributed by atoms with Crippen molar-refractivity contribution in [1.29, 1.82) is 0 Å². The van der Waals surface area contributed by atoms with Crippen molar-refractivity contribution in [2.24, 2.45) is 28.2 Å². The van der Waals surface area contributed by atoms with Gasteiger partial charge in [-0.15, -0.1) is 0 Å². The smallest absolute Gasteiger partial charge is 0.206 e. The number of fused-ring (bicyclic) bond motifs is 4. The van der Waals surface area contributed by atoms with Crippen LogP contribution < -0.4 is 18.3 Å². The van der Waals surface area contributed by atoms with Crippen LogP contribution in [0.2, 0.25) is 0 Å². The molecule has 0 aliphatic heterocycles. The minimum Gasteiger partial charge on any atom is -0.206 e. The molecule has 0 aliphatic carbocycles. The average Bonchev–Trinajstić information content (AvgIpc) is 0.782. The van der Waals surface area contributed by atoms with E-state index in [2.05, 4.69) is 229 Å². The van der Waals surface area contributed by atoms with Gasteiger partial charge in [-0.1, -0.05) is 127 Å². The van der Waals surface area contributed by atoms with Crippen LogP contribution in [-0.2, 0) is 28.2 Å². The zero-order chi connectivity index (χ0) is 70.4. The van der Waals surface area contributed by atoms with Gasteiger partial charge in [0.1, 0.15) is 45.6 Å². The molecular formula is C89H103F3N4+4. The number of nitrogens with zero attached hydrogens (tertiary/aromatic N) is 4. The minimum absolute atomic E-state index is 0.0954. The van der Waals surface area contributed by atoms with E-state index in [1.165, 1.54) is 77.3 Å². The Morgan fingerprint density at radius 3 is 1.08 bits per heavy atom. The molecule has 0 radical (unpaired) electrons. The van der Waals surface area contributed by atoms with Crippen LogP contribution in [0.4, 0.5) is 13.2 Å². The molecule has 0 saturated carbocycles. The monoisotopic (exact) mass is 1280 g/mol. The van der Waals surface area contributed by atoms with Crippen molar-refractivity contribution in [3.63, 3.8) is 0 Å². The minimum atomic E-state index is -0.118. The second kappa shape index (κ2) is 28.9. The summed E-state index contributed by atoms with van der Waals surface area (Å²) in [6.45, 7) is 44.2. The summed E-state index contributed by atoms with van der Waals surface area (Å²) >= 11 is 0. The lowest BCUT2D eigenvalue weighted by molar-refractivity contribution is -0.659. The highest BCUT2D eigenvalue weighted by molar-refractivity contribution is 5.98. The molecule has 7 heteroatoms. The van der Waals surface area contributed by atoms with Gasteiger partial charge in [-0.3, -0.25) is 0 Å². The number of aromatic nitrogens is 4. The van der Waals surface area contributed by atoms with E-state index in [9.17, 15) is 8.78 Å². The summed E-state index contributed by atoms with van der Waals surface area (Å²) in [5.41, 5.74) is 27.2. The Bertz CT molecular complexity index is 4950. The van der Waals surface area contributed by atoms with Gasteiger partial charge in [0.2, 0.25) is 22.8 Å². The van der Waals surface area contributed by atoms with Crippen molar-refractivity contribution in [2.75, 3.05) is 0 Å². The van der Waals surface area contributed by atoms with Crippen LogP contribution in [0.15, 0.2) is 146 Å². The third-order valence-electron chi connectivity index (χ3n) is 20.3. The molecule has 0 saturated heterocycles. The third-order valence-corrected chi connectivity index (χ3v) is 20.3. The fraction of sp³-hybridized carbons (Fsp3) is 0.326. The van der Waals surface area contributed by atoms with Gasteiger partial charge in [0.05, 0.1) is 43.8 Å². The molecule has 0 aliphatic rings. The number of pyridine rings is 4. The van der Waals surface area contributed by atoms with Gasteiger partial charge in [0.25, 0.3) is 0 Å². The van der Waals surface area contributed by atoms with Gasteiger partial charge in [-0.2, -0.15) is 0 Å². The first-order chi connectivity index (χ1) is 45.2. The molecule has 496 valence electrons. The first-order valence-corrected chi connectivity index (χ1v) is 34.3. The van der Waals surface area contributed by atoms with Gasteiger partial charge < -0.3 is 0 Å². The molecule has 12 rings (SSSR count). The largest absolute Gasteiger partial charge is 0.223 e. The van der Waals surface area contributed by atoms with E-state index >= 15 is 4.39 Å². The average molecular weight is 1290 g/mol. The molecule has 4 aromatic heterocycles. The van der Waals surface area contributed by atoms with Crippen LogP contribution in [0.25, 0.3) is 88.1 Å². The molecule has 0 fully saturated rings. The van der Waals surface area contributed by atoms with E-state index in [4.69, 9.17) is 0 Å². The van der Waals surface area contributed by atoms with Gasteiger partial charge in [-0.05, 0) is 255 Å². The molecule has 0 N–H and O–H groups in total. The van der Waals surface area contributed by atoms with E-state index in [0.717, 1.165) is 88.7 Å². The predicted octanol–water partition coefficient (Wildman–Crippen LogP) is 22.2. The molecule has 0 spiro atoms. The second-order valence-electron chi connectivity index (χ2n) is 28.8. The Kier molecular flexibility index (Phi) is 21.5. The normalized spacial score (nSPS) is 11.5. The van der Waals surface area contributed by atoms with Gasteiger partial charge in [0.15, 0.2) is 24.8 Å². The molecule has 4 nitrogen and oxygen atoms in total. The first kappa shape index (κ1) is 71.5. The lowest BCUT2D eigenvalue weighted by atomic mass is 9.86. The number of rotatable bonds is 8. The summed E-state index contributed by atoms with van der Waals surface area (Å²) in [5, 5.41) is 9.62. The lowest BCUT2D eigenvalue weighted by Gasteiger charge is -2.18. The highest BCUT2D eigenvalue weighted by atomic mass is 19.1. The SMILES string of the molecule is Cc1cc(-c2c3cc(C(C)C)ccc3cc[n+]2C)c(C)c(C)c1F.Cc1cc(C)c(C)c(-c2c3cc(C(C)C)c(C(C)C)cc3cc[n+]2C)c1.Cc1cc(C)c(F)c(-c2c3cc(C(C)C)ccc3cc[n+]2C)c1C.Cc1ccc2cc[n+](C)c(-c3c(C)c(C)cc(C)c3F)c2c1. The molecule has 96 heavy (non-hydrogen) atoms. The number of hydrogen-bond acceptors (Lipinski definition) is 0. The maximum atomic E-state index is 15.1. The van der Waals surface area contributed by atoms with E-state index in [0.29, 0.717) is 40.4 Å². The fourth-order valence-electron chi connectivity index (χ4n) is 14.0. The van der Waals surface area contributed by atoms with E-state index < -0.39 is 0 Å². The topological polar surface area (TPSA) is 15.5 Å². The van der Waals surface area contributed by atoms with Crippen LogP contribution in [0.5, 0.6) is 0 Å². The highest BCUT2D eigenvalue weighted by Gasteiger charge is 2.28. The quantitative estimate of drug-likeness (QED) is 0.135. The molecule has 0 atom stereocenters. The summed E-state index contributed by atoms with van der Waals surface area (Å²) in [6.07, 6.45) is 8.31. The predicted molar refractivity (Wildman–Crippen MR) is 400 cm³/mol. The number of aryl methyl sites for hydroxylation is 12. The van der Waals surface area contributed by atoms with Gasteiger partial charge >= 0.3 is 0 Å². The molecular weight excluding hydrogens is 1180 g/mol. The summed E-state index contributed by atoms with van der Waals surface area (Å²) in [6, 6.07) is 43.4. The molecule has 8 aromatic carbocycles. The lowest BCUT2D eigenvalue weighted by Crippen LogP contribution is -2.31. The fourth-order valence-corrected chi connectivity index (χ4v) is 14.0. The standard InChI is InChI=1S/C25H32N.2C22H25FN.C20H21FN/c1-15(2)21-13-20-9-10-26(8)25(24(20)14-22(21)16(3)4)23-12-17(5)11-18(6)19(23)7;1-13(2)18-8-7-17-9-10-24(6)22(20(17)12-18)19-11-14(3)21(23)16(5)15(19)4;1-13(2)18-8-7-17-9-10-24(6)22(19(17)12-18)20-16(5)14(3)11-15(4)21(20)23;1-12-6-7-16-8-9-22(5)20(17(16)10-12)18-15(4)13(2)11-14(3)19(18)21/h9-16H,1-8H3;2*7-13H,1-6H3;6-11H,1-5H3/q4*+1. The Labute approximate surface area is 571 Å². The zero-order valence-corrected chi connectivity index (χ0v) is 62.1. The van der Waals surface area contributed by atoms with Gasteiger partial charge in [0, 0.05) is 24.3 Å². The molecule has 0 bridgehead atoms. The summed E-state index contributed by atoms with van der Waals surface area (Å²) in [4.78, 5) is 0. The van der Waals surface area contributed by atoms with Crippen molar-refractivity contribution in [3.05, 3.63) is 258 Å². The molecule has 0 amide bonds. The van der Waals surface area contributed by atoms with Gasteiger partial charge in [-0.25, -0.2) is 31.4 Å². The van der Waals surface area contributed by atoms with E-state index in [-0.39, 0.29) is 17.5 Å². The third kappa shape index (κ3) is 14.2. The second-order valence-corrected chi connectivity index (χ2v) is 28.8. The zero-order valence-electron chi connectivity index (χ0n) is 62.1. The summed E-state index contributed by atoms with van der Waals surface area (Å²) in [5.74, 6) is 1.65. The number of halogens is 3. The molecule has 4 heterocycles. The van der Waals surface area contributed by atoms with Crippen LogP contribution in [-0.4, -0.2) is 0 Å². The summed E-state index contributed by atoms with van der Waals surface area (Å²) in [7, 11) is 8.20.